The van der Waals surface area contributed by atoms with Crippen molar-refractivity contribution < 1.29 is 14.1 Å². The molecule has 1 aromatic carbocycles. The number of Topliss-reactive ketones (excluding diaryl/α,β-unsaturated/α-hetero) is 1. The molecular weight excluding hydrogens is 282 g/mol. The number of ketones is 1. The van der Waals surface area contributed by atoms with Gasteiger partial charge in [0, 0.05) is 17.6 Å². The third-order valence-corrected chi connectivity index (χ3v) is 3.83. The Balaban J connectivity index is 1.92. The van der Waals surface area contributed by atoms with Gasteiger partial charge in [0.1, 0.15) is 10.7 Å². The van der Waals surface area contributed by atoms with Crippen molar-refractivity contribution in [2.75, 3.05) is 0 Å². The van der Waals surface area contributed by atoms with Gasteiger partial charge in [0.2, 0.25) is 0 Å². The number of allylic oxidation sites excluding steroid dienone is 1. The zero-order chi connectivity index (χ0) is 15.9. The number of nitro groups is 1. The maximum Gasteiger partial charge on any atom is 0.433 e. The SMILES string of the molecule is CC(C)c1ccc2c(c1)C(=O)C(=Cc1ccc([N+](=O)[O-])o1)C2. The van der Waals surface area contributed by atoms with E-state index < -0.39 is 4.92 Å². The third-order valence-electron chi connectivity index (χ3n) is 3.83. The molecule has 0 unspecified atom stereocenters. The Labute approximate surface area is 127 Å². The van der Waals surface area contributed by atoms with Crippen molar-refractivity contribution >= 4 is 17.7 Å². The zero-order valence-corrected chi connectivity index (χ0v) is 12.3. The third kappa shape index (κ3) is 2.45. The number of rotatable bonds is 3. The molecule has 112 valence electrons. The quantitative estimate of drug-likeness (QED) is 0.485. The molecular formula is C17H15NO4. The fourth-order valence-corrected chi connectivity index (χ4v) is 2.58. The molecule has 0 spiro atoms. The Hall–Kier alpha value is -2.69. The summed E-state index contributed by atoms with van der Waals surface area (Å²) >= 11 is 0. The number of hydrogen-bond donors (Lipinski definition) is 0. The van der Waals surface area contributed by atoms with Crippen LogP contribution in [0.3, 0.4) is 0 Å². The van der Waals surface area contributed by atoms with Gasteiger partial charge in [-0.15, -0.1) is 0 Å². The minimum absolute atomic E-state index is 0.0310. The Morgan fingerprint density at radius 2 is 2.05 bits per heavy atom. The first-order chi connectivity index (χ1) is 10.5. The Morgan fingerprint density at radius 1 is 1.27 bits per heavy atom. The van der Waals surface area contributed by atoms with Crippen molar-refractivity contribution in [2.24, 2.45) is 0 Å². The van der Waals surface area contributed by atoms with Crippen LogP contribution in [0.1, 0.15) is 47.0 Å². The van der Waals surface area contributed by atoms with Crippen LogP contribution in [-0.2, 0) is 6.42 Å². The van der Waals surface area contributed by atoms with Gasteiger partial charge in [0.25, 0.3) is 0 Å². The maximum atomic E-state index is 12.5. The molecule has 1 aliphatic carbocycles. The highest BCUT2D eigenvalue weighted by Crippen LogP contribution is 2.31. The first-order valence-electron chi connectivity index (χ1n) is 7.08. The topological polar surface area (TPSA) is 73.3 Å². The Kier molecular flexibility index (Phi) is 3.41. The van der Waals surface area contributed by atoms with Gasteiger partial charge in [-0.05, 0) is 35.3 Å². The average Bonchev–Trinajstić information content (AvgIpc) is 3.05. The lowest BCUT2D eigenvalue weighted by Gasteiger charge is -2.06. The summed E-state index contributed by atoms with van der Waals surface area (Å²) in [6.07, 6.45) is 2.12. The Bertz CT molecular complexity index is 799. The lowest BCUT2D eigenvalue weighted by atomic mass is 9.98. The molecule has 1 aromatic heterocycles. The molecule has 0 amide bonds. The molecule has 1 aliphatic rings. The second-order valence-corrected chi connectivity index (χ2v) is 5.68. The molecule has 1 heterocycles. The van der Waals surface area contributed by atoms with Gasteiger partial charge in [-0.25, -0.2) is 0 Å². The van der Waals surface area contributed by atoms with Crippen molar-refractivity contribution in [1.29, 1.82) is 0 Å². The molecule has 0 aliphatic heterocycles. The average molecular weight is 297 g/mol. The second kappa shape index (κ2) is 5.26. The van der Waals surface area contributed by atoms with Crippen LogP contribution in [0.25, 0.3) is 6.08 Å². The molecule has 3 rings (SSSR count). The summed E-state index contributed by atoms with van der Waals surface area (Å²) in [5.74, 6) is 0.333. The van der Waals surface area contributed by atoms with Gasteiger partial charge >= 0.3 is 5.88 Å². The van der Waals surface area contributed by atoms with Crippen LogP contribution in [-0.4, -0.2) is 10.7 Å². The Morgan fingerprint density at radius 3 is 2.68 bits per heavy atom. The van der Waals surface area contributed by atoms with E-state index in [1.165, 1.54) is 12.1 Å². The van der Waals surface area contributed by atoms with Crippen LogP contribution < -0.4 is 0 Å². The van der Waals surface area contributed by atoms with E-state index in [0.717, 1.165) is 16.7 Å². The molecule has 0 saturated heterocycles. The number of nitrogens with zero attached hydrogens (tertiary/aromatic N) is 1. The second-order valence-electron chi connectivity index (χ2n) is 5.68. The van der Waals surface area contributed by atoms with Crippen molar-refractivity contribution in [3.63, 3.8) is 0 Å². The van der Waals surface area contributed by atoms with E-state index >= 15 is 0 Å². The standard InChI is InChI=1S/C17H15NO4/c1-10(2)11-3-4-12-7-13(17(19)15(12)9-11)8-14-5-6-16(22-14)18(20)21/h3-6,8-10H,7H2,1-2H3. The number of carbonyl (C=O) groups is 1. The minimum Gasteiger partial charge on any atom is -0.401 e. The smallest absolute Gasteiger partial charge is 0.401 e. The monoisotopic (exact) mass is 297 g/mol. The molecule has 0 bridgehead atoms. The molecule has 0 radical (unpaired) electrons. The van der Waals surface area contributed by atoms with E-state index in [2.05, 4.69) is 13.8 Å². The van der Waals surface area contributed by atoms with Crippen molar-refractivity contribution in [1.82, 2.24) is 0 Å². The highest BCUT2D eigenvalue weighted by Gasteiger charge is 2.26. The van der Waals surface area contributed by atoms with Gasteiger partial charge in [-0.2, -0.15) is 0 Å². The van der Waals surface area contributed by atoms with E-state index in [-0.39, 0.29) is 11.7 Å². The van der Waals surface area contributed by atoms with Crippen molar-refractivity contribution in [3.05, 3.63) is 68.5 Å². The largest absolute Gasteiger partial charge is 0.433 e. The molecule has 0 saturated carbocycles. The minimum atomic E-state index is -0.595. The summed E-state index contributed by atoms with van der Waals surface area (Å²) in [7, 11) is 0. The van der Waals surface area contributed by atoms with Crippen LogP contribution in [0.2, 0.25) is 0 Å². The summed E-state index contributed by atoms with van der Waals surface area (Å²) in [5, 5.41) is 10.6. The number of fused-ring (bicyclic) bond motifs is 1. The number of benzene rings is 1. The fourth-order valence-electron chi connectivity index (χ4n) is 2.58. The molecule has 0 fully saturated rings. The van der Waals surface area contributed by atoms with Gasteiger partial charge in [0.15, 0.2) is 5.78 Å². The number of furan rings is 1. The lowest BCUT2D eigenvalue weighted by molar-refractivity contribution is -0.402. The normalized spacial score (nSPS) is 15.6. The van der Waals surface area contributed by atoms with Gasteiger partial charge in [-0.3, -0.25) is 14.9 Å². The van der Waals surface area contributed by atoms with Gasteiger partial charge in [-0.1, -0.05) is 26.0 Å². The summed E-state index contributed by atoms with van der Waals surface area (Å²) in [6.45, 7) is 4.17. The van der Waals surface area contributed by atoms with Crippen LogP contribution in [0.5, 0.6) is 0 Å². The van der Waals surface area contributed by atoms with Crippen LogP contribution in [0.15, 0.2) is 40.3 Å². The zero-order valence-electron chi connectivity index (χ0n) is 12.3. The lowest BCUT2D eigenvalue weighted by Crippen LogP contribution is -1.97. The number of hydrogen-bond acceptors (Lipinski definition) is 4. The summed E-state index contributed by atoms with van der Waals surface area (Å²) in [5.41, 5.74) is 3.43. The molecule has 22 heavy (non-hydrogen) atoms. The first-order valence-corrected chi connectivity index (χ1v) is 7.08. The van der Waals surface area contributed by atoms with E-state index in [1.807, 2.05) is 18.2 Å². The van der Waals surface area contributed by atoms with E-state index in [9.17, 15) is 14.9 Å². The highest BCUT2D eigenvalue weighted by atomic mass is 16.6. The molecule has 5 nitrogen and oxygen atoms in total. The number of carbonyl (C=O) groups excluding carboxylic acids is 1. The first kappa shape index (κ1) is 14.3. The van der Waals surface area contributed by atoms with Crippen molar-refractivity contribution in [2.45, 2.75) is 26.2 Å². The van der Waals surface area contributed by atoms with Crippen LogP contribution in [0, 0.1) is 10.1 Å². The molecule has 0 N–H and O–H groups in total. The molecule has 0 atom stereocenters. The summed E-state index contributed by atoms with van der Waals surface area (Å²) < 4.78 is 5.09. The van der Waals surface area contributed by atoms with Gasteiger partial charge < -0.3 is 4.42 Å². The van der Waals surface area contributed by atoms with E-state index in [0.29, 0.717) is 23.7 Å². The van der Waals surface area contributed by atoms with Crippen LogP contribution >= 0.6 is 0 Å². The molecule has 2 aromatic rings. The predicted molar refractivity (Wildman–Crippen MR) is 81.9 cm³/mol. The van der Waals surface area contributed by atoms with Crippen LogP contribution in [0.4, 0.5) is 5.88 Å². The fraction of sp³-hybridized carbons (Fsp3) is 0.235. The predicted octanol–water partition coefficient (Wildman–Crippen LogP) is 4.13. The van der Waals surface area contributed by atoms with Crippen molar-refractivity contribution in [3.8, 4) is 0 Å². The summed E-state index contributed by atoms with van der Waals surface area (Å²) in [4.78, 5) is 22.5. The van der Waals surface area contributed by atoms with E-state index in [4.69, 9.17) is 4.42 Å². The molecule has 5 heteroatoms. The van der Waals surface area contributed by atoms with Gasteiger partial charge in [0.05, 0.1) is 6.07 Å². The summed E-state index contributed by atoms with van der Waals surface area (Å²) in [6, 6.07) is 8.75. The van der Waals surface area contributed by atoms with E-state index in [1.54, 1.807) is 6.08 Å². The maximum absolute atomic E-state index is 12.5. The highest BCUT2D eigenvalue weighted by molar-refractivity contribution is 6.15.